The van der Waals surface area contributed by atoms with Crippen LogP contribution in [0.2, 0.25) is 0 Å². The van der Waals surface area contributed by atoms with Crippen LogP contribution in [-0.2, 0) is 6.54 Å². The second-order valence-electron chi connectivity index (χ2n) is 5.27. The van der Waals surface area contributed by atoms with Crippen molar-refractivity contribution in [3.8, 4) is 11.3 Å². The van der Waals surface area contributed by atoms with E-state index >= 15 is 0 Å². The van der Waals surface area contributed by atoms with Gasteiger partial charge in [-0.3, -0.25) is 9.48 Å². The first-order valence-corrected chi connectivity index (χ1v) is 9.29. The Morgan fingerprint density at radius 3 is 3.08 bits per heavy atom. The van der Waals surface area contributed by atoms with Crippen LogP contribution in [0.4, 0.5) is 0 Å². The standard InChI is InChI=1S/C17H14N4OS2/c22-17(12-1-2-15-16(9-12)24-11-19-15)18-5-7-21-6-3-14(20-21)13-4-8-23-10-13/h1-4,6,8-11H,5,7H2,(H,18,22). The van der Waals surface area contributed by atoms with E-state index in [2.05, 4.69) is 26.8 Å². The summed E-state index contributed by atoms with van der Waals surface area (Å²) in [5.41, 5.74) is 5.45. The van der Waals surface area contributed by atoms with Gasteiger partial charge < -0.3 is 5.32 Å². The van der Waals surface area contributed by atoms with Gasteiger partial charge in [-0.2, -0.15) is 16.4 Å². The molecule has 7 heteroatoms. The quantitative estimate of drug-likeness (QED) is 0.595. The molecule has 0 aliphatic rings. The van der Waals surface area contributed by atoms with E-state index in [9.17, 15) is 4.79 Å². The number of nitrogens with zero attached hydrogens (tertiary/aromatic N) is 3. The van der Waals surface area contributed by atoms with Crippen LogP contribution in [0, 0.1) is 0 Å². The van der Waals surface area contributed by atoms with Crippen LogP contribution in [0.3, 0.4) is 0 Å². The van der Waals surface area contributed by atoms with E-state index in [0.29, 0.717) is 18.7 Å². The molecule has 0 saturated carbocycles. The lowest BCUT2D eigenvalue weighted by Gasteiger charge is -2.05. The molecule has 24 heavy (non-hydrogen) atoms. The zero-order chi connectivity index (χ0) is 16.4. The van der Waals surface area contributed by atoms with Gasteiger partial charge in [0.25, 0.3) is 5.91 Å². The van der Waals surface area contributed by atoms with Crippen LogP contribution in [0.15, 0.2) is 52.8 Å². The molecule has 1 aromatic carbocycles. The zero-order valence-electron chi connectivity index (χ0n) is 12.7. The van der Waals surface area contributed by atoms with E-state index in [1.54, 1.807) is 22.9 Å². The molecule has 3 heterocycles. The van der Waals surface area contributed by atoms with Gasteiger partial charge in [0.15, 0.2) is 0 Å². The summed E-state index contributed by atoms with van der Waals surface area (Å²) in [5.74, 6) is -0.0736. The average molecular weight is 354 g/mol. The van der Waals surface area contributed by atoms with E-state index in [1.165, 1.54) is 11.3 Å². The number of nitrogens with one attached hydrogen (secondary N) is 1. The highest BCUT2D eigenvalue weighted by atomic mass is 32.1. The SMILES string of the molecule is O=C(NCCn1ccc(-c2ccsc2)n1)c1ccc2ncsc2c1. The predicted molar refractivity (Wildman–Crippen MR) is 97.5 cm³/mol. The molecule has 5 nitrogen and oxygen atoms in total. The molecule has 0 atom stereocenters. The van der Waals surface area contributed by atoms with Crippen LogP contribution in [0.1, 0.15) is 10.4 Å². The van der Waals surface area contributed by atoms with Crippen molar-refractivity contribution < 1.29 is 4.79 Å². The monoisotopic (exact) mass is 354 g/mol. The van der Waals surface area contributed by atoms with Crippen molar-refractivity contribution in [2.24, 2.45) is 0 Å². The number of carbonyl (C=O) groups is 1. The number of fused-ring (bicyclic) bond motifs is 1. The lowest BCUT2D eigenvalue weighted by molar-refractivity contribution is 0.0952. The molecule has 3 aromatic heterocycles. The fourth-order valence-electron chi connectivity index (χ4n) is 2.43. The van der Waals surface area contributed by atoms with E-state index in [0.717, 1.165) is 21.5 Å². The first kappa shape index (κ1) is 15.0. The third-order valence-electron chi connectivity index (χ3n) is 3.68. The number of thiophene rings is 1. The number of rotatable bonds is 5. The second kappa shape index (κ2) is 6.54. The summed E-state index contributed by atoms with van der Waals surface area (Å²) in [6.07, 6.45) is 1.93. The van der Waals surface area contributed by atoms with E-state index in [1.807, 2.05) is 34.5 Å². The molecule has 0 aliphatic carbocycles. The van der Waals surface area contributed by atoms with Crippen LogP contribution in [0.25, 0.3) is 21.5 Å². The fraction of sp³-hybridized carbons (Fsp3) is 0.118. The first-order valence-electron chi connectivity index (χ1n) is 7.47. The van der Waals surface area contributed by atoms with E-state index in [-0.39, 0.29) is 5.91 Å². The van der Waals surface area contributed by atoms with Crippen molar-refractivity contribution in [2.75, 3.05) is 6.54 Å². The van der Waals surface area contributed by atoms with Crippen molar-refractivity contribution in [1.82, 2.24) is 20.1 Å². The molecular formula is C17H14N4OS2. The van der Waals surface area contributed by atoms with Crippen LogP contribution >= 0.6 is 22.7 Å². The Balaban J connectivity index is 1.36. The number of thiazole rings is 1. The molecule has 1 N–H and O–H groups in total. The minimum Gasteiger partial charge on any atom is -0.350 e. The smallest absolute Gasteiger partial charge is 0.251 e. The minimum absolute atomic E-state index is 0.0736. The molecule has 4 rings (SSSR count). The van der Waals surface area contributed by atoms with Gasteiger partial charge in [-0.15, -0.1) is 11.3 Å². The number of carbonyl (C=O) groups excluding carboxylic acids is 1. The Labute approximate surface area is 146 Å². The van der Waals surface area contributed by atoms with Crippen molar-refractivity contribution in [1.29, 1.82) is 0 Å². The molecule has 120 valence electrons. The molecule has 0 unspecified atom stereocenters. The number of hydrogen-bond donors (Lipinski definition) is 1. The summed E-state index contributed by atoms with van der Waals surface area (Å²) in [4.78, 5) is 16.5. The summed E-state index contributed by atoms with van der Waals surface area (Å²) in [7, 11) is 0. The summed E-state index contributed by atoms with van der Waals surface area (Å²) in [6.45, 7) is 1.17. The molecule has 0 fully saturated rings. The van der Waals surface area contributed by atoms with Crippen LogP contribution in [0.5, 0.6) is 0 Å². The van der Waals surface area contributed by atoms with Gasteiger partial charge in [-0.25, -0.2) is 4.98 Å². The normalized spacial score (nSPS) is 11.0. The van der Waals surface area contributed by atoms with Gasteiger partial charge in [0.05, 0.1) is 28.0 Å². The summed E-state index contributed by atoms with van der Waals surface area (Å²) >= 11 is 3.19. The van der Waals surface area contributed by atoms with Gasteiger partial charge in [-0.05, 0) is 35.7 Å². The molecule has 0 saturated heterocycles. The fourth-order valence-corrected chi connectivity index (χ4v) is 3.80. The van der Waals surface area contributed by atoms with Gasteiger partial charge in [0.1, 0.15) is 0 Å². The summed E-state index contributed by atoms with van der Waals surface area (Å²) < 4.78 is 2.87. The summed E-state index contributed by atoms with van der Waals surface area (Å²) in [5, 5.41) is 11.6. The van der Waals surface area contributed by atoms with E-state index in [4.69, 9.17) is 0 Å². The van der Waals surface area contributed by atoms with E-state index < -0.39 is 0 Å². The number of hydrogen-bond acceptors (Lipinski definition) is 5. The maximum Gasteiger partial charge on any atom is 0.251 e. The lowest BCUT2D eigenvalue weighted by Crippen LogP contribution is -2.27. The highest BCUT2D eigenvalue weighted by molar-refractivity contribution is 7.16. The Bertz CT molecular complexity index is 971. The van der Waals surface area contributed by atoms with Gasteiger partial charge >= 0.3 is 0 Å². The number of aromatic nitrogens is 3. The molecule has 0 radical (unpaired) electrons. The highest BCUT2D eigenvalue weighted by Gasteiger charge is 2.08. The molecule has 0 spiro atoms. The maximum atomic E-state index is 12.2. The van der Waals surface area contributed by atoms with Crippen LogP contribution in [-0.4, -0.2) is 27.2 Å². The van der Waals surface area contributed by atoms with Gasteiger partial charge in [0, 0.05) is 29.2 Å². The third kappa shape index (κ3) is 3.08. The zero-order valence-corrected chi connectivity index (χ0v) is 14.3. The Morgan fingerprint density at radius 1 is 1.25 bits per heavy atom. The molecule has 0 bridgehead atoms. The third-order valence-corrected chi connectivity index (χ3v) is 5.15. The second-order valence-corrected chi connectivity index (χ2v) is 6.93. The van der Waals surface area contributed by atoms with Crippen LogP contribution < -0.4 is 5.32 Å². The summed E-state index contributed by atoms with van der Waals surface area (Å²) in [6, 6.07) is 9.60. The molecule has 1 amide bonds. The van der Waals surface area contributed by atoms with Crippen molar-refractivity contribution in [3.05, 3.63) is 58.4 Å². The molecular weight excluding hydrogens is 340 g/mol. The Kier molecular flexibility index (Phi) is 4.10. The van der Waals surface area contributed by atoms with Crippen molar-refractivity contribution in [2.45, 2.75) is 6.54 Å². The lowest BCUT2D eigenvalue weighted by atomic mass is 10.2. The van der Waals surface area contributed by atoms with Gasteiger partial charge in [-0.1, -0.05) is 0 Å². The Morgan fingerprint density at radius 2 is 2.21 bits per heavy atom. The largest absolute Gasteiger partial charge is 0.350 e. The number of benzene rings is 1. The van der Waals surface area contributed by atoms with Crippen molar-refractivity contribution >= 4 is 38.8 Å². The molecule has 4 aromatic rings. The molecule has 0 aliphatic heterocycles. The van der Waals surface area contributed by atoms with Gasteiger partial charge in [0.2, 0.25) is 0 Å². The first-order chi connectivity index (χ1) is 11.8. The predicted octanol–water partition coefficient (Wildman–Crippen LogP) is 3.65. The topological polar surface area (TPSA) is 59.8 Å². The highest BCUT2D eigenvalue weighted by Crippen LogP contribution is 2.20. The average Bonchev–Trinajstić information content (AvgIpc) is 3.34. The maximum absolute atomic E-state index is 12.2. The minimum atomic E-state index is -0.0736. The van der Waals surface area contributed by atoms with Crippen molar-refractivity contribution in [3.63, 3.8) is 0 Å². The Hall–Kier alpha value is -2.51. The number of amides is 1.